The van der Waals surface area contributed by atoms with Crippen molar-refractivity contribution in [3.05, 3.63) is 16.1 Å². The van der Waals surface area contributed by atoms with Gasteiger partial charge in [0.1, 0.15) is 0 Å². The van der Waals surface area contributed by atoms with Crippen LogP contribution in [-0.4, -0.2) is 33.2 Å². The summed E-state index contributed by atoms with van der Waals surface area (Å²) in [5.74, 6) is -0.953. The molecule has 0 amide bonds. The van der Waals surface area contributed by atoms with Gasteiger partial charge >= 0.3 is 5.97 Å². The molecule has 18 heavy (non-hydrogen) atoms. The number of aromatic nitrogens is 1. The quantitative estimate of drug-likeness (QED) is 0.876. The first kappa shape index (κ1) is 13.5. The molecule has 1 saturated heterocycles. The Morgan fingerprint density at radius 1 is 1.56 bits per heavy atom. The summed E-state index contributed by atoms with van der Waals surface area (Å²) in [5.41, 5.74) is 4.17. The maximum atomic E-state index is 10.7. The molecule has 2 N–H and O–H groups in total. The third-order valence-electron chi connectivity index (χ3n) is 3.37. The zero-order valence-electron chi connectivity index (χ0n) is 10.7. The van der Waals surface area contributed by atoms with Gasteiger partial charge in [-0.1, -0.05) is 6.42 Å². The van der Waals surface area contributed by atoms with Crippen LogP contribution in [0.1, 0.15) is 48.6 Å². The van der Waals surface area contributed by atoms with Gasteiger partial charge in [-0.3, -0.25) is 0 Å². The highest BCUT2D eigenvalue weighted by Crippen LogP contribution is 2.20. The first-order valence-corrected chi connectivity index (χ1v) is 7.15. The van der Waals surface area contributed by atoms with Crippen molar-refractivity contribution in [1.29, 1.82) is 0 Å². The number of nitrogens with zero attached hydrogens (tertiary/aromatic N) is 2. The number of aromatic carboxylic acids is 1. The van der Waals surface area contributed by atoms with Gasteiger partial charge in [0.15, 0.2) is 0 Å². The highest BCUT2D eigenvalue weighted by molar-refractivity contribution is 7.11. The highest BCUT2D eigenvalue weighted by Gasteiger charge is 2.24. The van der Waals surface area contributed by atoms with Crippen LogP contribution in [0.3, 0.4) is 0 Å². The molecule has 1 aromatic rings. The summed E-state index contributed by atoms with van der Waals surface area (Å²) in [5, 5.41) is 13.0. The number of thiazole rings is 1. The third-order valence-corrected chi connectivity index (χ3v) is 4.25. The standard InChI is InChI=1S/C12H19N3O2S/c1-8-4-3-5-9(2)15(8)13-6-10-7-18-11(14-10)12(16)17/h7-9,13H,3-6H2,1-2H3,(H,16,17). The minimum absolute atomic E-state index is 0.159. The number of hydrogen-bond acceptors (Lipinski definition) is 5. The second-order valence-corrected chi connectivity index (χ2v) is 5.68. The molecule has 0 bridgehead atoms. The fourth-order valence-electron chi connectivity index (χ4n) is 2.39. The lowest BCUT2D eigenvalue weighted by Gasteiger charge is -2.38. The number of carbonyl (C=O) groups is 1. The zero-order valence-corrected chi connectivity index (χ0v) is 11.5. The lowest BCUT2D eigenvalue weighted by molar-refractivity contribution is 0.0431. The first-order valence-electron chi connectivity index (χ1n) is 6.27. The van der Waals surface area contributed by atoms with Gasteiger partial charge in [0.05, 0.1) is 12.2 Å². The number of rotatable bonds is 4. The van der Waals surface area contributed by atoms with Gasteiger partial charge in [0, 0.05) is 17.5 Å². The Bertz CT molecular complexity index is 411. The summed E-state index contributed by atoms with van der Waals surface area (Å²) in [6.07, 6.45) is 3.68. The van der Waals surface area contributed by atoms with E-state index in [4.69, 9.17) is 5.11 Å². The molecule has 1 aromatic heterocycles. The van der Waals surface area contributed by atoms with Crippen LogP contribution in [-0.2, 0) is 6.54 Å². The molecule has 1 aliphatic heterocycles. The molecule has 0 spiro atoms. The minimum Gasteiger partial charge on any atom is -0.476 e. The molecule has 2 rings (SSSR count). The molecular weight excluding hydrogens is 250 g/mol. The largest absolute Gasteiger partial charge is 0.476 e. The van der Waals surface area contributed by atoms with Crippen molar-refractivity contribution in [3.63, 3.8) is 0 Å². The molecule has 1 fully saturated rings. The summed E-state index contributed by atoms with van der Waals surface area (Å²) in [6, 6.07) is 1.04. The second kappa shape index (κ2) is 5.77. The number of nitrogens with one attached hydrogen (secondary N) is 1. The molecule has 5 nitrogen and oxygen atoms in total. The van der Waals surface area contributed by atoms with Gasteiger partial charge < -0.3 is 5.11 Å². The Morgan fingerprint density at radius 2 is 2.22 bits per heavy atom. The van der Waals surface area contributed by atoms with E-state index >= 15 is 0 Å². The average molecular weight is 269 g/mol. The Labute approximate surface area is 111 Å². The van der Waals surface area contributed by atoms with Crippen LogP contribution >= 0.6 is 11.3 Å². The van der Waals surface area contributed by atoms with Crippen molar-refractivity contribution in [2.75, 3.05) is 0 Å². The highest BCUT2D eigenvalue weighted by atomic mass is 32.1. The van der Waals surface area contributed by atoms with Crippen LogP contribution in [0.25, 0.3) is 0 Å². The summed E-state index contributed by atoms with van der Waals surface area (Å²) in [4.78, 5) is 14.8. The van der Waals surface area contributed by atoms with E-state index < -0.39 is 5.97 Å². The van der Waals surface area contributed by atoms with Gasteiger partial charge in [-0.05, 0) is 26.7 Å². The number of carboxylic acids is 1. The van der Waals surface area contributed by atoms with Crippen molar-refractivity contribution in [1.82, 2.24) is 15.4 Å². The predicted molar refractivity (Wildman–Crippen MR) is 70.5 cm³/mol. The Balaban J connectivity index is 1.91. The Kier molecular flexibility index (Phi) is 4.31. The number of piperidine rings is 1. The van der Waals surface area contributed by atoms with Crippen LogP contribution in [0.4, 0.5) is 0 Å². The SMILES string of the molecule is CC1CCCC(C)N1NCc1csc(C(=O)O)n1. The van der Waals surface area contributed by atoms with E-state index in [1.165, 1.54) is 30.6 Å². The van der Waals surface area contributed by atoms with Crippen LogP contribution < -0.4 is 5.43 Å². The van der Waals surface area contributed by atoms with Gasteiger partial charge in [0.25, 0.3) is 0 Å². The number of hydrogen-bond donors (Lipinski definition) is 2. The molecule has 0 radical (unpaired) electrons. The van der Waals surface area contributed by atoms with Crippen LogP contribution in [0.15, 0.2) is 5.38 Å². The minimum atomic E-state index is -0.953. The number of carboxylic acid groups (broad SMARTS) is 1. The normalized spacial score (nSPS) is 25.2. The smallest absolute Gasteiger partial charge is 0.365 e. The summed E-state index contributed by atoms with van der Waals surface area (Å²) >= 11 is 1.18. The Hall–Kier alpha value is -0.980. The molecule has 2 unspecified atom stereocenters. The molecular formula is C12H19N3O2S. The van der Waals surface area contributed by atoms with Gasteiger partial charge in [-0.25, -0.2) is 20.2 Å². The van der Waals surface area contributed by atoms with Crippen LogP contribution in [0, 0.1) is 0 Å². The molecule has 6 heteroatoms. The van der Waals surface area contributed by atoms with Crippen molar-refractivity contribution in [3.8, 4) is 0 Å². The molecule has 1 aliphatic rings. The van der Waals surface area contributed by atoms with Crippen molar-refractivity contribution < 1.29 is 9.90 Å². The molecule has 0 aromatic carbocycles. The maximum absolute atomic E-state index is 10.7. The lowest BCUT2D eigenvalue weighted by atomic mass is 10.00. The Morgan fingerprint density at radius 3 is 2.78 bits per heavy atom. The van der Waals surface area contributed by atoms with E-state index in [2.05, 4.69) is 29.3 Å². The van der Waals surface area contributed by atoms with Crippen molar-refractivity contribution in [2.24, 2.45) is 0 Å². The third kappa shape index (κ3) is 3.07. The molecule has 0 saturated carbocycles. The predicted octanol–water partition coefficient (Wildman–Crippen LogP) is 2.11. The molecule has 100 valence electrons. The molecule has 2 atom stereocenters. The van der Waals surface area contributed by atoms with Crippen LogP contribution in [0.5, 0.6) is 0 Å². The zero-order chi connectivity index (χ0) is 13.1. The molecule has 2 heterocycles. The van der Waals surface area contributed by atoms with E-state index in [9.17, 15) is 4.79 Å². The number of hydrazine groups is 1. The van der Waals surface area contributed by atoms with E-state index in [0.29, 0.717) is 18.6 Å². The van der Waals surface area contributed by atoms with E-state index in [0.717, 1.165) is 5.69 Å². The van der Waals surface area contributed by atoms with Crippen LogP contribution in [0.2, 0.25) is 0 Å². The fraction of sp³-hybridized carbons (Fsp3) is 0.667. The molecule has 0 aliphatic carbocycles. The van der Waals surface area contributed by atoms with Crippen molar-refractivity contribution in [2.45, 2.75) is 51.7 Å². The van der Waals surface area contributed by atoms with E-state index in [-0.39, 0.29) is 5.01 Å². The average Bonchev–Trinajstić information content (AvgIpc) is 2.77. The fourth-order valence-corrected chi connectivity index (χ4v) is 3.05. The monoisotopic (exact) mass is 269 g/mol. The van der Waals surface area contributed by atoms with E-state index in [1.54, 1.807) is 5.38 Å². The van der Waals surface area contributed by atoms with E-state index in [1.807, 2.05) is 0 Å². The first-order chi connectivity index (χ1) is 8.58. The summed E-state index contributed by atoms with van der Waals surface area (Å²) < 4.78 is 0. The maximum Gasteiger partial charge on any atom is 0.365 e. The lowest BCUT2D eigenvalue weighted by Crippen LogP contribution is -2.51. The topological polar surface area (TPSA) is 65.5 Å². The summed E-state index contributed by atoms with van der Waals surface area (Å²) in [6.45, 7) is 5.03. The summed E-state index contributed by atoms with van der Waals surface area (Å²) in [7, 11) is 0. The van der Waals surface area contributed by atoms with Crippen molar-refractivity contribution >= 4 is 17.3 Å². The van der Waals surface area contributed by atoms with Gasteiger partial charge in [0.2, 0.25) is 5.01 Å². The van der Waals surface area contributed by atoms with Gasteiger partial charge in [-0.2, -0.15) is 0 Å². The van der Waals surface area contributed by atoms with Gasteiger partial charge in [-0.15, -0.1) is 11.3 Å². The second-order valence-electron chi connectivity index (χ2n) is 4.82.